The Labute approximate surface area is 182 Å². The van der Waals surface area contributed by atoms with Gasteiger partial charge in [-0.15, -0.1) is 0 Å². The van der Waals surface area contributed by atoms with Gasteiger partial charge in [0.1, 0.15) is 11.6 Å². The fourth-order valence-corrected chi connectivity index (χ4v) is 3.68. The van der Waals surface area contributed by atoms with Crippen molar-refractivity contribution in [2.45, 2.75) is 44.8 Å². The van der Waals surface area contributed by atoms with Crippen LogP contribution in [0.3, 0.4) is 0 Å². The smallest absolute Gasteiger partial charge is 0.412 e. The number of hydrogen-bond donors (Lipinski definition) is 2. The Balaban J connectivity index is 1.92. The van der Waals surface area contributed by atoms with Crippen molar-refractivity contribution in [1.29, 1.82) is 0 Å². The standard InChI is InChI=1S/C19H26F3N5O5/c1-18(2,3)32-17(28)24-13-8-12(27(29)30)4-5-14(13)26-7-6-25(16-10-31-11-23-16)9-15(26)19(20,21)22/h4-5,8,15-16,23H,6-7,9-11H2,1-3H3,(H,24,28). The number of benzene rings is 1. The second-order valence-electron chi connectivity index (χ2n) is 8.57. The Kier molecular flexibility index (Phi) is 6.81. The Morgan fingerprint density at radius 3 is 2.59 bits per heavy atom. The number of carbonyl (C=O) groups is 1. The monoisotopic (exact) mass is 461 g/mol. The van der Waals surface area contributed by atoms with E-state index in [4.69, 9.17) is 9.47 Å². The van der Waals surface area contributed by atoms with E-state index in [2.05, 4.69) is 10.6 Å². The van der Waals surface area contributed by atoms with E-state index in [0.717, 1.165) is 17.0 Å². The highest BCUT2D eigenvalue weighted by molar-refractivity contribution is 5.91. The first-order chi connectivity index (χ1) is 14.8. The van der Waals surface area contributed by atoms with Crippen LogP contribution in [0.2, 0.25) is 0 Å². The number of alkyl halides is 3. The highest BCUT2D eigenvalue weighted by Crippen LogP contribution is 2.37. The molecule has 13 heteroatoms. The molecule has 0 bridgehead atoms. The molecule has 2 N–H and O–H groups in total. The van der Waals surface area contributed by atoms with Crippen molar-refractivity contribution in [1.82, 2.24) is 10.2 Å². The van der Waals surface area contributed by atoms with Gasteiger partial charge in [0.15, 0.2) is 0 Å². The lowest BCUT2D eigenvalue weighted by Crippen LogP contribution is -2.63. The average Bonchev–Trinajstić information content (AvgIpc) is 3.20. The molecule has 178 valence electrons. The number of piperazine rings is 1. The molecule has 2 aliphatic heterocycles. The number of nitrogens with zero attached hydrogens (tertiary/aromatic N) is 3. The molecule has 2 saturated heterocycles. The maximum Gasteiger partial charge on any atom is 0.412 e. The Hall–Kier alpha value is -2.64. The minimum absolute atomic E-state index is 0.0107. The Morgan fingerprint density at radius 1 is 1.31 bits per heavy atom. The molecule has 0 saturated carbocycles. The second kappa shape index (κ2) is 9.08. The number of nitro benzene ring substituents is 1. The van der Waals surface area contributed by atoms with E-state index in [0.29, 0.717) is 6.54 Å². The number of carbonyl (C=O) groups excluding carboxylic acids is 1. The first-order valence-corrected chi connectivity index (χ1v) is 10.0. The zero-order valence-electron chi connectivity index (χ0n) is 17.9. The van der Waals surface area contributed by atoms with Crippen molar-refractivity contribution in [3.05, 3.63) is 28.3 Å². The van der Waals surface area contributed by atoms with Gasteiger partial charge in [-0.05, 0) is 26.8 Å². The van der Waals surface area contributed by atoms with E-state index in [-0.39, 0.29) is 49.7 Å². The van der Waals surface area contributed by atoms with Gasteiger partial charge < -0.3 is 14.4 Å². The Bertz CT molecular complexity index is 855. The lowest BCUT2D eigenvalue weighted by atomic mass is 10.1. The van der Waals surface area contributed by atoms with Crippen LogP contribution < -0.4 is 15.5 Å². The molecule has 0 aromatic heterocycles. The van der Waals surface area contributed by atoms with Crippen molar-refractivity contribution in [2.24, 2.45) is 0 Å². The van der Waals surface area contributed by atoms with Gasteiger partial charge in [0, 0.05) is 31.8 Å². The van der Waals surface area contributed by atoms with Gasteiger partial charge in [0.05, 0.1) is 35.8 Å². The van der Waals surface area contributed by atoms with Crippen molar-refractivity contribution < 1.29 is 32.4 Å². The van der Waals surface area contributed by atoms with Gasteiger partial charge in [-0.3, -0.25) is 25.6 Å². The third kappa shape index (κ3) is 5.78. The molecular weight excluding hydrogens is 435 g/mol. The zero-order chi connectivity index (χ0) is 23.7. The summed E-state index contributed by atoms with van der Waals surface area (Å²) in [7, 11) is 0. The van der Waals surface area contributed by atoms with Crippen LogP contribution >= 0.6 is 0 Å². The lowest BCUT2D eigenvalue weighted by molar-refractivity contribution is -0.384. The summed E-state index contributed by atoms with van der Waals surface area (Å²) in [4.78, 5) is 25.6. The molecule has 1 aromatic rings. The fraction of sp³-hybridized carbons (Fsp3) is 0.632. The zero-order valence-corrected chi connectivity index (χ0v) is 17.9. The first-order valence-electron chi connectivity index (χ1n) is 10.0. The minimum Gasteiger partial charge on any atom is -0.444 e. The van der Waals surface area contributed by atoms with Gasteiger partial charge >= 0.3 is 12.3 Å². The molecular formula is C19H26F3N5O5. The van der Waals surface area contributed by atoms with Gasteiger partial charge in [0.2, 0.25) is 0 Å². The van der Waals surface area contributed by atoms with Gasteiger partial charge in [0.25, 0.3) is 5.69 Å². The van der Waals surface area contributed by atoms with Crippen molar-refractivity contribution in [2.75, 3.05) is 43.2 Å². The number of rotatable bonds is 4. The molecule has 3 rings (SSSR count). The maximum absolute atomic E-state index is 14.0. The molecule has 0 spiro atoms. The van der Waals surface area contributed by atoms with Crippen LogP contribution in [-0.2, 0) is 9.47 Å². The number of nitrogens with one attached hydrogen (secondary N) is 2. The van der Waals surface area contributed by atoms with E-state index < -0.39 is 28.8 Å². The minimum atomic E-state index is -4.58. The first kappa shape index (κ1) is 24.0. The van der Waals surface area contributed by atoms with Gasteiger partial charge in [-0.1, -0.05) is 0 Å². The van der Waals surface area contributed by atoms with Crippen molar-refractivity contribution >= 4 is 23.2 Å². The van der Waals surface area contributed by atoms with Crippen LogP contribution in [-0.4, -0.2) is 72.9 Å². The van der Waals surface area contributed by atoms with Crippen LogP contribution in [0.5, 0.6) is 0 Å². The van der Waals surface area contributed by atoms with Gasteiger partial charge in [-0.2, -0.15) is 13.2 Å². The van der Waals surface area contributed by atoms with Crippen LogP contribution in [0.1, 0.15) is 20.8 Å². The highest BCUT2D eigenvalue weighted by atomic mass is 19.4. The fourth-order valence-electron chi connectivity index (χ4n) is 3.68. The molecule has 0 aliphatic carbocycles. The third-order valence-electron chi connectivity index (χ3n) is 5.06. The number of amides is 1. The third-order valence-corrected chi connectivity index (χ3v) is 5.06. The number of nitro groups is 1. The summed E-state index contributed by atoms with van der Waals surface area (Å²) in [6.45, 7) is 5.40. The topological polar surface area (TPSA) is 109 Å². The predicted molar refractivity (Wildman–Crippen MR) is 109 cm³/mol. The number of non-ortho nitro benzene ring substituents is 1. The van der Waals surface area contributed by atoms with Crippen molar-refractivity contribution in [3.8, 4) is 0 Å². The summed E-state index contributed by atoms with van der Waals surface area (Å²) in [5.41, 5.74) is -1.33. The summed E-state index contributed by atoms with van der Waals surface area (Å²) < 4.78 is 52.4. The number of ether oxygens (including phenoxy) is 2. The van der Waals surface area contributed by atoms with E-state index >= 15 is 0 Å². The molecule has 1 aromatic carbocycles. The summed E-state index contributed by atoms with van der Waals surface area (Å²) in [6.07, 6.45) is -5.82. The Morgan fingerprint density at radius 2 is 2.03 bits per heavy atom. The van der Waals surface area contributed by atoms with Crippen LogP contribution in [0.4, 0.5) is 35.0 Å². The van der Waals surface area contributed by atoms with Crippen LogP contribution in [0.25, 0.3) is 0 Å². The SMILES string of the molecule is CC(C)(C)OC(=O)Nc1cc([N+](=O)[O-])ccc1N1CCN(C2COCN2)CC1C(F)(F)F. The summed E-state index contributed by atoms with van der Waals surface area (Å²) in [5.74, 6) is 0. The molecule has 1 amide bonds. The lowest BCUT2D eigenvalue weighted by Gasteiger charge is -2.45. The molecule has 10 nitrogen and oxygen atoms in total. The van der Waals surface area contributed by atoms with E-state index in [9.17, 15) is 28.1 Å². The molecule has 2 unspecified atom stereocenters. The maximum atomic E-state index is 14.0. The molecule has 2 aliphatic rings. The van der Waals surface area contributed by atoms with E-state index in [1.165, 1.54) is 6.07 Å². The quantitative estimate of drug-likeness (QED) is 0.521. The number of halogens is 3. The number of anilines is 2. The summed E-state index contributed by atoms with van der Waals surface area (Å²) >= 11 is 0. The molecule has 0 radical (unpaired) electrons. The largest absolute Gasteiger partial charge is 0.444 e. The average molecular weight is 461 g/mol. The van der Waals surface area contributed by atoms with E-state index in [1.54, 1.807) is 25.7 Å². The summed E-state index contributed by atoms with van der Waals surface area (Å²) in [6, 6.07) is 1.47. The van der Waals surface area contributed by atoms with Crippen molar-refractivity contribution in [3.63, 3.8) is 0 Å². The second-order valence-corrected chi connectivity index (χ2v) is 8.57. The number of hydrogen-bond acceptors (Lipinski definition) is 8. The normalized spacial score (nSPS) is 22.6. The summed E-state index contributed by atoms with van der Waals surface area (Å²) in [5, 5.41) is 16.6. The predicted octanol–water partition coefficient (Wildman–Crippen LogP) is 2.90. The molecule has 2 fully saturated rings. The molecule has 32 heavy (non-hydrogen) atoms. The highest BCUT2D eigenvalue weighted by Gasteiger charge is 2.48. The molecule has 2 heterocycles. The van der Waals surface area contributed by atoms with Crippen LogP contribution in [0.15, 0.2) is 18.2 Å². The van der Waals surface area contributed by atoms with Gasteiger partial charge in [-0.25, -0.2) is 4.79 Å². The van der Waals surface area contributed by atoms with E-state index in [1.807, 2.05) is 0 Å². The molecule has 2 atom stereocenters. The van der Waals surface area contributed by atoms with Crippen LogP contribution in [0, 0.1) is 10.1 Å².